The first-order chi connectivity index (χ1) is 9.74. The second-order valence-corrected chi connectivity index (χ2v) is 6.86. The second-order valence-electron chi connectivity index (χ2n) is 5.69. The van der Waals surface area contributed by atoms with Gasteiger partial charge in [0.05, 0.1) is 0 Å². The summed E-state index contributed by atoms with van der Waals surface area (Å²) in [5.74, 6) is 0. The lowest BCUT2D eigenvalue weighted by Crippen LogP contribution is -2.21. The number of rotatable bonds is 4. The van der Waals surface area contributed by atoms with Gasteiger partial charge >= 0.3 is 0 Å². The molecule has 0 bridgehead atoms. The Morgan fingerprint density at radius 1 is 1.10 bits per heavy atom. The van der Waals surface area contributed by atoms with E-state index in [1.807, 2.05) is 23.7 Å². The van der Waals surface area contributed by atoms with Gasteiger partial charge in [-0.2, -0.15) is 0 Å². The summed E-state index contributed by atoms with van der Waals surface area (Å²) in [7, 11) is 0. The fourth-order valence-corrected chi connectivity index (χ4v) is 4.20. The molecule has 20 heavy (non-hydrogen) atoms. The van der Waals surface area contributed by atoms with Crippen molar-refractivity contribution in [3.63, 3.8) is 0 Å². The molecule has 0 fully saturated rings. The van der Waals surface area contributed by atoms with E-state index in [-0.39, 0.29) is 0 Å². The molecule has 2 unspecified atom stereocenters. The van der Waals surface area contributed by atoms with Crippen LogP contribution in [0.3, 0.4) is 0 Å². The first-order valence-corrected chi connectivity index (χ1v) is 8.33. The molecular formula is C17H22N2S. The van der Waals surface area contributed by atoms with Crippen LogP contribution in [0.4, 0.5) is 0 Å². The molecule has 0 amide bonds. The smallest absolute Gasteiger partial charge is 0.0391 e. The molecule has 3 heteroatoms. The van der Waals surface area contributed by atoms with Crippen LogP contribution in [-0.2, 0) is 12.8 Å². The van der Waals surface area contributed by atoms with Gasteiger partial charge < -0.3 is 5.32 Å². The summed E-state index contributed by atoms with van der Waals surface area (Å²) in [5, 5.41) is 3.70. The zero-order valence-electron chi connectivity index (χ0n) is 12.2. The Bertz CT molecular complexity index is 538. The predicted molar refractivity (Wildman–Crippen MR) is 85.2 cm³/mol. The number of hydrogen-bond donors (Lipinski definition) is 1. The minimum atomic E-state index is 0.354. The van der Waals surface area contributed by atoms with Crippen molar-refractivity contribution in [2.75, 3.05) is 0 Å². The highest BCUT2D eigenvalue weighted by molar-refractivity contribution is 7.12. The highest BCUT2D eigenvalue weighted by Gasteiger charge is 2.18. The Morgan fingerprint density at radius 2 is 1.85 bits per heavy atom. The van der Waals surface area contributed by atoms with E-state index >= 15 is 0 Å². The topological polar surface area (TPSA) is 24.9 Å². The summed E-state index contributed by atoms with van der Waals surface area (Å²) >= 11 is 2.01. The third-order valence-electron chi connectivity index (χ3n) is 4.15. The molecule has 2 aromatic heterocycles. The lowest BCUT2D eigenvalue weighted by Gasteiger charge is -2.19. The standard InChI is InChI=1S/C17H22N2S/c1-12(14-7-9-18-10-8-14)19-13(2)17-11-15-5-3-4-6-16(15)20-17/h7-13,19H,3-6H2,1-2H3. The maximum Gasteiger partial charge on any atom is 0.0391 e. The van der Waals surface area contributed by atoms with Crippen molar-refractivity contribution >= 4 is 11.3 Å². The highest BCUT2D eigenvalue weighted by atomic mass is 32.1. The molecule has 0 spiro atoms. The number of thiophene rings is 1. The van der Waals surface area contributed by atoms with E-state index in [4.69, 9.17) is 0 Å². The van der Waals surface area contributed by atoms with Crippen molar-refractivity contribution in [2.45, 2.75) is 51.6 Å². The highest BCUT2D eigenvalue weighted by Crippen LogP contribution is 2.33. The zero-order valence-corrected chi connectivity index (χ0v) is 13.0. The molecule has 2 heterocycles. The maximum absolute atomic E-state index is 4.08. The Labute approximate surface area is 125 Å². The lowest BCUT2D eigenvalue weighted by atomic mass is 9.99. The molecular weight excluding hydrogens is 264 g/mol. The third kappa shape index (κ3) is 2.94. The fraction of sp³-hybridized carbons (Fsp3) is 0.471. The molecule has 1 aliphatic carbocycles. The van der Waals surface area contributed by atoms with E-state index in [0.29, 0.717) is 12.1 Å². The number of nitrogens with one attached hydrogen (secondary N) is 1. The molecule has 0 saturated carbocycles. The Kier molecular flexibility index (Phi) is 4.18. The first kappa shape index (κ1) is 13.8. The maximum atomic E-state index is 4.08. The van der Waals surface area contributed by atoms with Crippen LogP contribution in [-0.4, -0.2) is 4.98 Å². The van der Waals surface area contributed by atoms with Gasteiger partial charge in [-0.3, -0.25) is 4.98 Å². The van der Waals surface area contributed by atoms with E-state index in [1.165, 1.54) is 36.1 Å². The number of aromatic nitrogens is 1. The average molecular weight is 286 g/mol. The van der Waals surface area contributed by atoms with Crippen LogP contribution >= 0.6 is 11.3 Å². The number of aryl methyl sites for hydroxylation is 2. The van der Waals surface area contributed by atoms with Gasteiger partial charge in [0.2, 0.25) is 0 Å². The lowest BCUT2D eigenvalue weighted by molar-refractivity contribution is 0.499. The van der Waals surface area contributed by atoms with E-state index in [9.17, 15) is 0 Å². The van der Waals surface area contributed by atoms with Gasteiger partial charge in [0.25, 0.3) is 0 Å². The number of nitrogens with zero attached hydrogens (tertiary/aromatic N) is 1. The van der Waals surface area contributed by atoms with Crippen LogP contribution in [0.1, 0.15) is 59.7 Å². The van der Waals surface area contributed by atoms with Crippen molar-refractivity contribution in [1.29, 1.82) is 0 Å². The molecule has 1 N–H and O–H groups in total. The van der Waals surface area contributed by atoms with Gasteiger partial charge in [-0.15, -0.1) is 11.3 Å². The first-order valence-electron chi connectivity index (χ1n) is 7.51. The molecule has 2 atom stereocenters. The molecule has 106 valence electrons. The van der Waals surface area contributed by atoms with Gasteiger partial charge in [0, 0.05) is 34.2 Å². The molecule has 1 aliphatic rings. The van der Waals surface area contributed by atoms with E-state index < -0.39 is 0 Å². The Hall–Kier alpha value is -1.19. The summed E-state index contributed by atoms with van der Waals surface area (Å²) in [6.45, 7) is 4.49. The van der Waals surface area contributed by atoms with E-state index in [2.05, 4.69) is 42.3 Å². The number of fused-ring (bicyclic) bond motifs is 1. The predicted octanol–water partition coefficient (Wildman–Crippen LogP) is 4.43. The quantitative estimate of drug-likeness (QED) is 0.899. The van der Waals surface area contributed by atoms with Crippen LogP contribution in [0.15, 0.2) is 30.6 Å². The monoisotopic (exact) mass is 286 g/mol. The van der Waals surface area contributed by atoms with Gasteiger partial charge in [-0.1, -0.05) is 0 Å². The number of pyridine rings is 1. The van der Waals surface area contributed by atoms with Crippen LogP contribution in [0.2, 0.25) is 0 Å². The van der Waals surface area contributed by atoms with Crippen LogP contribution in [0, 0.1) is 0 Å². The second kappa shape index (κ2) is 6.06. The van der Waals surface area contributed by atoms with Gasteiger partial charge in [0.1, 0.15) is 0 Å². The van der Waals surface area contributed by atoms with Gasteiger partial charge in [-0.05, 0) is 68.9 Å². The van der Waals surface area contributed by atoms with Gasteiger partial charge in [0.15, 0.2) is 0 Å². The summed E-state index contributed by atoms with van der Waals surface area (Å²) in [6, 6.07) is 7.37. The minimum Gasteiger partial charge on any atom is -0.303 e. The summed E-state index contributed by atoms with van der Waals surface area (Å²) < 4.78 is 0. The van der Waals surface area contributed by atoms with Crippen LogP contribution in [0.5, 0.6) is 0 Å². The largest absolute Gasteiger partial charge is 0.303 e. The van der Waals surface area contributed by atoms with Crippen molar-refractivity contribution in [3.8, 4) is 0 Å². The Morgan fingerprint density at radius 3 is 2.60 bits per heavy atom. The Balaban J connectivity index is 1.70. The molecule has 0 aromatic carbocycles. The number of hydrogen-bond acceptors (Lipinski definition) is 3. The molecule has 3 rings (SSSR count). The van der Waals surface area contributed by atoms with Gasteiger partial charge in [-0.25, -0.2) is 0 Å². The zero-order chi connectivity index (χ0) is 13.9. The molecule has 0 saturated heterocycles. The third-order valence-corrected chi connectivity index (χ3v) is 5.57. The SMILES string of the molecule is CC(NC(C)c1cc2c(s1)CCCC2)c1ccncc1. The van der Waals surface area contributed by atoms with Crippen molar-refractivity contribution in [1.82, 2.24) is 10.3 Å². The van der Waals surface area contributed by atoms with Crippen LogP contribution in [0.25, 0.3) is 0 Å². The van der Waals surface area contributed by atoms with E-state index in [0.717, 1.165) is 0 Å². The molecule has 2 nitrogen and oxygen atoms in total. The van der Waals surface area contributed by atoms with Crippen molar-refractivity contribution < 1.29 is 0 Å². The molecule has 0 radical (unpaired) electrons. The summed E-state index contributed by atoms with van der Waals surface area (Å²) in [6.07, 6.45) is 9.01. The normalized spacial score (nSPS) is 17.5. The minimum absolute atomic E-state index is 0.354. The van der Waals surface area contributed by atoms with Crippen LogP contribution < -0.4 is 5.32 Å². The van der Waals surface area contributed by atoms with Crippen molar-refractivity contribution in [2.24, 2.45) is 0 Å². The summed E-state index contributed by atoms with van der Waals surface area (Å²) in [4.78, 5) is 7.19. The molecule has 2 aromatic rings. The van der Waals surface area contributed by atoms with Crippen molar-refractivity contribution in [3.05, 3.63) is 51.5 Å². The summed E-state index contributed by atoms with van der Waals surface area (Å²) in [5.41, 5.74) is 2.90. The molecule has 0 aliphatic heterocycles. The average Bonchev–Trinajstić information content (AvgIpc) is 2.92. The fourth-order valence-electron chi connectivity index (χ4n) is 2.93. The van der Waals surface area contributed by atoms with E-state index in [1.54, 1.807) is 10.4 Å².